The number of pyridine rings is 1. The molecule has 0 amide bonds. The van der Waals surface area contributed by atoms with Gasteiger partial charge in [0.05, 0.1) is 18.8 Å². The zero-order valence-corrected chi connectivity index (χ0v) is 16.9. The molecule has 148 valence electrons. The van der Waals surface area contributed by atoms with E-state index in [0.29, 0.717) is 17.3 Å². The number of esters is 1. The number of carbonyl (C=O) groups is 1. The van der Waals surface area contributed by atoms with E-state index in [1.54, 1.807) is 29.7 Å². The molecule has 1 aliphatic rings. The molecule has 1 atom stereocenters. The minimum Gasteiger partial charge on any atom is -0.485 e. The van der Waals surface area contributed by atoms with Gasteiger partial charge >= 0.3 is 5.97 Å². The molecule has 0 aliphatic carbocycles. The fourth-order valence-electron chi connectivity index (χ4n) is 3.61. The highest BCUT2D eigenvalue weighted by molar-refractivity contribution is 6.30. The lowest BCUT2D eigenvalue weighted by atomic mass is 9.96. The highest BCUT2D eigenvalue weighted by Gasteiger charge is 2.30. The molecule has 2 heterocycles. The summed E-state index contributed by atoms with van der Waals surface area (Å²) in [6.45, 7) is 4.12. The Bertz CT molecular complexity index is 1140. The zero-order chi connectivity index (χ0) is 20.5. The second kappa shape index (κ2) is 7.76. The van der Waals surface area contributed by atoms with Crippen molar-refractivity contribution < 1.29 is 14.3 Å². The summed E-state index contributed by atoms with van der Waals surface area (Å²) >= 11 is 6.14. The van der Waals surface area contributed by atoms with Gasteiger partial charge in [-0.25, -0.2) is 4.79 Å². The summed E-state index contributed by atoms with van der Waals surface area (Å²) in [5.74, 6) is -0.0150. The van der Waals surface area contributed by atoms with Gasteiger partial charge in [-0.05, 0) is 43.7 Å². The van der Waals surface area contributed by atoms with Gasteiger partial charge in [-0.2, -0.15) is 0 Å². The van der Waals surface area contributed by atoms with E-state index in [0.717, 1.165) is 22.4 Å². The van der Waals surface area contributed by atoms with Gasteiger partial charge in [0.2, 0.25) is 0 Å². The third-order valence-electron chi connectivity index (χ3n) is 4.94. The van der Waals surface area contributed by atoms with Crippen LogP contribution in [0.15, 0.2) is 59.4 Å². The minimum atomic E-state index is -0.629. The van der Waals surface area contributed by atoms with E-state index in [-0.39, 0.29) is 23.8 Å². The number of hydrogen-bond acceptors (Lipinski definition) is 4. The molecule has 5 nitrogen and oxygen atoms in total. The second-order valence-corrected chi connectivity index (χ2v) is 7.30. The summed E-state index contributed by atoms with van der Waals surface area (Å²) in [5.41, 5.74) is 2.84. The van der Waals surface area contributed by atoms with Crippen molar-refractivity contribution in [3.05, 3.63) is 86.7 Å². The van der Waals surface area contributed by atoms with E-state index in [4.69, 9.17) is 21.1 Å². The number of aromatic nitrogens is 1. The van der Waals surface area contributed by atoms with E-state index in [2.05, 4.69) is 0 Å². The van der Waals surface area contributed by atoms with Gasteiger partial charge in [-0.15, -0.1) is 0 Å². The number of halogens is 1. The first kappa shape index (κ1) is 19.3. The smallest absolute Gasteiger partial charge is 0.343 e. The van der Waals surface area contributed by atoms with Crippen LogP contribution in [-0.4, -0.2) is 17.1 Å². The molecular weight excluding hydrogens is 390 g/mol. The Morgan fingerprint density at radius 2 is 1.93 bits per heavy atom. The number of rotatable bonds is 4. The maximum absolute atomic E-state index is 13.3. The van der Waals surface area contributed by atoms with Gasteiger partial charge < -0.3 is 14.0 Å². The maximum atomic E-state index is 13.3. The van der Waals surface area contributed by atoms with Crippen LogP contribution in [0.4, 0.5) is 0 Å². The lowest BCUT2D eigenvalue weighted by Gasteiger charge is -2.29. The Kier molecular flexibility index (Phi) is 5.16. The molecule has 2 aromatic carbocycles. The van der Waals surface area contributed by atoms with Crippen molar-refractivity contribution in [2.75, 3.05) is 6.61 Å². The molecule has 0 radical (unpaired) electrons. The number of fused-ring (bicyclic) bond motifs is 3. The lowest BCUT2D eigenvalue weighted by molar-refractivity contribution is 0.0523. The first-order chi connectivity index (χ1) is 14.0. The van der Waals surface area contributed by atoms with Gasteiger partial charge in [0, 0.05) is 16.1 Å². The summed E-state index contributed by atoms with van der Waals surface area (Å²) in [6, 6.07) is 16.6. The number of carbonyl (C=O) groups excluding carboxylic acids is 1. The summed E-state index contributed by atoms with van der Waals surface area (Å²) in [4.78, 5) is 25.8. The average Bonchev–Trinajstić information content (AvgIpc) is 2.70. The van der Waals surface area contributed by atoms with Crippen molar-refractivity contribution in [2.24, 2.45) is 0 Å². The molecule has 0 saturated carbocycles. The predicted octanol–water partition coefficient (Wildman–Crippen LogP) is 4.85. The van der Waals surface area contributed by atoms with E-state index in [9.17, 15) is 9.59 Å². The van der Waals surface area contributed by atoms with Crippen LogP contribution in [-0.2, 0) is 11.3 Å². The Hall–Kier alpha value is -3.05. The number of benzene rings is 2. The summed E-state index contributed by atoms with van der Waals surface area (Å²) in [6.07, 6.45) is -0.355. The largest absolute Gasteiger partial charge is 0.485 e. The van der Waals surface area contributed by atoms with Crippen LogP contribution < -0.4 is 10.3 Å². The van der Waals surface area contributed by atoms with Crippen LogP contribution in [0.2, 0.25) is 5.02 Å². The molecule has 29 heavy (non-hydrogen) atoms. The lowest BCUT2D eigenvalue weighted by Crippen LogP contribution is -2.32. The fourth-order valence-corrected chi connectivity index (χ4v) is 3.78. The molecule has 0 fully saturated rings. The van der Waals surface area contributed by atoms with E-state index in [1.807, 2.05) is 43.3 Å². The number of hydrogen-bond donors (Lipinski definition) is 0. The van der Waals surface area contributed by atoms with Crippen LogP contribution in [0.5, 0.6) is 5.75 Å². The van der Waals surface area contributed by atoms with Crippen molar-refractivity contribution in [1.29, 1.82) is 0 Å². The van der Waals surface area contributed by atoms with Crippen LogP contribution >= 0.6 is 11.6 Å². The van der Waals surface area contributed by atoms with E-state index in [1.165, 1.54) is 0 Å². The molecule has 0 N–H and O–H groups in total. The molecule has 0 saturated heterocycles. The molecule has 3 aromatic rings. The predicted molar refractivity (Wildman–Crippen MR) is 112 cm³/mol. The summed E-state index contributed by atoms with van der Waals surface area (Å²) in [5, 5.41) is 0.555. The van der Waals surface area contributed by atoms with Crippen molar-refractivity contribution in [3.63, 3.8) is 0 Å². The number of nitrogens with zero attached hydrogens (tertiary/aromatic N) is 1. The highest BCUT2D eigenvalue weighted by Crippen LogP contribution is 2.43. The highest BCUT2D eigenvalue weighted by atomic mass is 35.5. The molecule has 0 spiro atoms. The Labute approximate surface area is 173 Å². The molecule has 0 bridgehead atoms. The zero-order valence-electron chi connectivity index (χ0n) is 16.1. The monoisotopic (exact) mass is 409 g/mol. The van der Waals surface area contributed by atoms with Crippen molar-refractivity contribution in [2.45, 2.75) is 26.5 Å². The van der Waals surface area contributed by atoms with Gasteiger partial charge in [0.25, 0.3) is 5.56 Å². The SMILES string of the molecule is CCOC(=O)c1cc2c(n(Cc3ccccc3)c1=O)-c1ccc(Cl)cc1OC2C. The first-order valence-electron chi connectivity index (χ1n) is 9.45. The van der Waals surface area contributed by atoms with Gasteiger partial charge in [0.1, 0.15) is 17.4 Å². The Morgan fingerprint density at radius 1 is 1.17 bits per heavy atom. The summed E-state index contributed by atoms with van der Waals surface area (Å²) in [7, 11) is 0. The van der Waals surface area contributed by atoms with Gasteiger partial charge in [-0.1, -0.05) is 41.9 Å². The third-order valence-corrected chi connectivity index (χ3v) is 5.17. The normalized spacial score (nSPS) is 14.5. The Morgan fingerprint density at radius 3 is 2.66 bits per heavy atom. The Balaban J connectivity index is 1.99. The quantitative estimate of drug-likeness (QED) is 0.578. The molecule has 6 heteroatoms. The summed E-state index contributed by atoms with van der Waals surface area (Å²) < 4.78 is 12.8. The topological polar surface area (TPSA) is 57.5 Å². The maximum Gasteiger partial charge on any atom is 0.343 e. The third kappa shape index (κ3) is 3.54. The van der Waals surface area contributed by atoms with Crippen molar-refractivity contribution in [3.8, 4) is 17.0 Å². The molecule has 1 aliphatic heterocycles. The first-order valence-corrected chi connectivity index (χ1v) is 9.82. The second-order valence-electron chi connectivity index (χ2n) is 6.86. The minimum absolute atomic E-state index is 0.00870. The van der Waals surface area contributed by atoms with Crippen LogP contribution in [0.1, 0.15) is 41.4 Å². The average molecular weight is 410 g/mol. The van der Waals surface area contributed by atoms with Crippen molar-refractivity contribution in [1.82, 2.24) is 4.57 Å². The van der Waals surface area contributed by atoms with Crippen LogP contribution in [0.25, 0.3) is 11.3 Å². The molecular formula is C23H20ClNO4. The van der Waals surface area contributed by atoms with Crippen LogP contribution in [0.3, 0.4) is 0 Å². The van der Waals surface area contributed by atoms with E-state index < -0.39 is 5.97 Å². The van der Waals surface area contributed by atoms with Crippen molar-refractivity contribution >= 4 is 17.6 Å². The molecule has 4 rings (SSSR count). The fraction of sp³-hybridized carbons (Fsp3) is 0.217. The van der Waals surface area contributed by atoms with Gasteiger partial charge in [-0.3, -0.25) is 4.79 Å². The molecule has 1 aromatic heterocycles. The van der Waals surface area contributed by atoms with Crippen LogP contribution in [0, 0.1) is 0 Å². The van der Waals surface area contributed by atoms with E-state index >= 15 is 0 Å². The standard InChI is InChI=1S/C23H20ClNO4/c1-3-28-23(27)19-12-18-14(2)29-20-11-16(24)9-10-17(20)21(18)25(22(19)26)13-15-7-5-4-6-8-15/h4-12,14H,3,13H2,1-2H3. The molecule has 1 unspecified atom stereocenters. The van der Waals surface area contributed by atoms with Gasteiger partial charge in [0.15, 0.2) is 0 Å². The number of ether oxygens (including phenoxy) is 2.